The second-order valence-electron chi connectivity index (χ2n) is 6.27. The molecule has 0 saturated carbocycles. The summed E-state index contributed by atoms with van der Waals surface area (Å²) in [4.78, 5) is 18.9. The number of aryl methyl sites for hydroxylation is 1. The zero-order valence-corrected chi connectivity index (χ0v) is 17.4. The van der Waals surface area contributed by atoms with Crippen molar-refractivity contribution in [1.82, 2.24) is 9.97 Å². The van der Waals surface area contributed by atoms with Gasteiger partial charge in [0.15, 0.2) is 5.82 Å². The van der Waals surface area contributed by atoms with Gasteiger partial charge in [0.2, 0.25) is 5.95 Å². The van der Waals surface area contributed by atoms with Gasteiger partial charge < -0.3 is 15.7 Å². The summed E-state index contributed by atoms with van der Waals surface area (Å²) in [6.45, 7) is 0. The number of thioether (sulfide) groups is 1. The van der Waals surface area contributed by atoms with Gasteiger partial charge in [0.25, 0.3) is 0 Å². The summed E-state index contributed by atoms with van der Waals surface area (Å²) in [7, 11) is 0. The van der Waals surface area contributed by atoms with Gasteiger partial charge in [-0.15, -0.1) is 11.8 Å². The largest absolute Gasteiger partial charge is 0.490 e. The number of aromatic nitrogens is 2. The molecule has 2 aromatic carbocycles. The van der Waals surface area contributed by atoms with Crippen LogP contribution in [0, 0.1) is 0 Å². The quantitative estimate of drug-likeness (QED) is 0.378. The first kappa shape index (κ1) is 22.7. The molecule has 2 heterocycles. The molecule has 0 aliphatic carbocycles. The van der Waals surface area contributed by atoms with Crippen molar-refractivity contribution >= 4 is 52.5 Å². The highest BCUT2D eigenvalue weighted by Crippen LogP contribution is 2.29. The molecule has 1 aromatic heterocycles. The average Bonchev–Trinajstić information content (AvgIpc) is 2.70. The Morgan fingerprint density at radius 2 is 1.77 bits per heavy atom. The van der Waals surface area contributed by atoms with Crippen molar-refractivity contribution in [2.24, 2.45) is 0 Å². The molecule has 162 valence electrons. The molecule has 4 rings (SSSR count). The van der Waals surface area contributed by atoms with Crippen LogP contribution in [-0.4, -0.2) is 33.0 Å². The highest BCUT2D eigenvalue weighted by Gasteiger charge is 2.38. The number of anilines is 4. The van der Waals surface area contributed by atoms with E-state index < -0.39 is 12.1 Å². The Kier molecular flexibility index (Phi) is 7.24. The smallest absolute Gasteiger partial charge is 0.475 e. The molecule has 1 aliphatic heterocycles. The monoisotopic (exact) mass is 468 g/mol. The molecule has 31 heavy (non-hydrogen) atoms. The third-order valence-electron chi connectivity index (χ3n) is 3.93. The number of hydrogen-bond acceptors (Lipinski definition) is 6. The molecule has 3 aromatic rings. The van der Waals surface area contributed by atoms with Crippen LogP contribution in [0.15, 0.2) is 59.6 Å². The molecule has 6 bridgehead atoms. The van der Waals surface area contributed by atoms with Crippen molar-refractivity contribution in [2.75, 3.05) is 16.4 Å². The van der Waals surface area contributed by atoms with Crippen LogP contribution in [0.2, 0.25) is 5.02 Å². The summed E-state index contributed by atoms with van der Waals surface area (Å²) in [6, 6.07) is 16.6. The number of hydrogen-bond donors (Lipinski definition) is 3. The molecule has 0 spiro atoms. The standard InChI is InChI=1S/C18H15ClN4S.C2HF3O2/c19-16-11-20-18-22-13-4-1-3-12(9-13)7-8-24-15-6-2-5-14(10-15)21-17(16)23-18;3-2(4,5)1(6)7/h1-6,9-11H,7-8H2,(H2,20,21,22,23);(H,6,7). The fourth-order valence-electron chi connectivity index (χ4n) is 2.54. The van der Waals surface area contributed by atoms with Crippen LogP contribution in [0.5, 0.6) is 0 Å². The lowest BCUT2D eigenvalue weighted by Crippen LogP contribution is -2.21. The second-order valence-corrected chi connectivity index (χ2v) is 7.85. The highest BCUT2D eigenvalue weighted by molar-refractivity contribution is 7.99. The maximum Gasteiger partial charge on any atom is 0.490 e. The number of carboxylic acids is 1. The van der Waals surface area contributed by atoms with Crippen LogP contribution in [-0.2, 0) is 11.2 Å². The molecular weight excluding hydrogens is 453 g/mol. The van der Waals surface area contributed by atoms with Crippen molar-refractivity contribution in [3.8, 4) is 0 Å². The first-order valence-corrected chi connectivity index (χ1v) is 10.3. The second kappa shape index (κ2) is 9.88. The minimum atomic E-state index is -5.08. The van der Waals surface area contributed by atoms with Gasteiger partial charge in [0.1, 0.15) is 5.02 Å². The number of carbonyl (C=O) groups is 1. The van der Waals surface area contributed by atoms with Gasteiger partial charge in [-0.3, -0.25) is 0 Å². The molecule has 0 saturated heterocycles. The van der Waals surface area contributed by atoms with E-state index in [0.29, 0.717) is 16.8 Å². The number of rotatable bonds is 0. The lowest BCUT2D eigenvalue weighted by molar-refractivity contribution is -0.192. The number of fused-ring (bicyclic) bond motifs is 6. The van der Waals surface area contributed by atoms with Crippen molar-refractivity contribution < 1.29 is 23.1 Å². The Hall–Kier alpha value is -2.98. The van der Waals surface area contributed by atoms with Crippen LogP contribution in [0.25, 0.3) is 0 Å². The average molecular weight is 469 g/mol. The highest BCUT2D eigenvalue weighted by atomic mass is 35.5. The topological polar surface area (TPSA) is 87.1 Å². The molecule has 6 nitrogen and oxygen atoms in total. The van der Waals surface area contributed by atoms with E-state index in [0.717, 1.165) is 23.5 Å². The Balaban J connectivity index is 0.000000339. The van der Waals surface area contributed by atoms with E-state index in [-0.39, 0.29) is 0 Å². The zero-order valence-electron chi connectivity index (χ0n) is 15.8. The van der Waals surface area contributed by atoms with Crippen LogP contribution in [0.4, 0.5) is 36.3 Å². The van der Waals surface area contributed by atoms with E-state index in [4.69, 9.17) is 21.5 Å². The summed E-state index contributed by atoms with van der Waals surface area (Å²) < 4.78 is 31.7. The maximum absolute atomic E-state index is 10.6. The summed E-state index contributed by atoms with van der Waals surface area (Å²) in [5.41, 5.74) is 3.22. The van der Waals surface area contributed by atoms with Crippen molar-refractivity contribution in [2.45, 2.75) is 17.5 Å². The first-order valence-electron chi connectivity index (χ1n) is 8.89. The minimum absolute atomic E-state index is 0.486. The van der Waals surface area contributed by atoms with Gasteiger partial charge in [0.05, 0.1) is 6.20 Å². The number of aliphatic carboxylic acids is 1. The Bertz CT molecular complexity index is 1080. The number of halogens is 4. The number of nitrogens with one attached hydrogen (secondary N) is 2. The summed E-state index contributed by atoms with van der Waals surface area (Å²) >= 11 is 8.08. The van der Waals surface area contributed by atoms with E-state index in [1.165, 1.54) is 10.5 Å². The zero-order chi connectivity index (χ0) is 22.4. The van der Waals surface area contributed by atoms with Gasteiger partial charge in [-0.05, 0) is 42.3 Å². The summed E-state index contributed by atoms with van der Waals surface area (Å²) in [5, 5.41) is 14.1. The fraction of sp³-hybridized carbons (Fsp3) is 0.150. The maximum atomic E-state index is 10.6. The lowest BCUT2D eigenvalue weighted by Gasteiger charge is -2.13. The molecule has 3 N–H and O–H groups in total. The molecule has 0 amide bonds. The summed E-state index contributed by atoms with van der Waals surface area (Å²) in [6.07, 6.45) is -2.47. The predicted octanol–water partition coefficient (Wildman–Crippen LogP) is 5.90. The summed E-state index contributed by atoms with van der Waals surface area (Å²) in [5.74, 6) is -0.631. The van der Waals surface area contributed by atoms with Crippen molar-refractivity contribution in [1.29, 1.82) is 0 Å². The normalized spacial score (nSPS) is 12.9. The van der Waals surface area contributed by atoms with E-state index in [9.17, 15) is 13.2 Å². The Labute approximate surface area is 184 Å². The number of benzene rings is 2. The van der Waals surface area contributed by atoms with Crippen LogP contribution >= 0.6 is 23.4 Å². The molecule has 1 aliphatic rings. The fourth-order valence-corrected chi connectivity index (χ4v) is 3.63. The minimum Gasteiger partial charge on any atom is -0.475 e. The Morgan fingerprint density at radius 1 is 1.10 bits per heavy atom. The van der Waals surface area contributed by atoms with E-state index in [2.05, 4.69) is 44.9 Å². The number of carboxylic acid groups (broad SMARTS) is 1. The molecular formula is C20H16ClF3N4O2S. The molecule has 0 unspecified atom stereocenters. The van der Waals surface area contributed by atoms with Gasteiger partial charge in [-0.2, -0.15) is 18.2 Å². The molecule has 0 radical (unpaired) electrons. The van der Waals surface area contributed by atoms with E-state index >= 15 is 0 Å². The van der Waals surface area contributed by atoms with Crippen LogP contribution < -0.4 is 10.6 Å². The van der Waals surface area contributed by atoms with Gasteiger partial charge in [-0.1, -0.05) is 29.8 Å². The number of alkyl halides is 3. The van der Waals surface area contributed by atoms with Gasteiger partial charge in [0, 0.05) is 22.0 Å². The molecule has 0 fully saturated rings. The molecule has 11 heteroatoms. The third kappa shape index (κ3) is 6.76. The Morgan fingerprint density at radius 3 is 2.48 bits per heavy atom. The predicted molar refractivity (Wildman–Crippen MR) is 115 cm³/mol. The first-order chi connectivity index (χ1) is 14.7. The van der Waals surface area contributed by atoms with E-state index in [1.54, 1.807) is 6.20 Å². The SMILES string of the molecule is Clc1cnc2nc1Nc1cccc(c1)SCCc1cccc(c1)N2.O=C(O)C(F)(F)F. The van der Waals surface area contributed by atoms with Gasteiger partial charge >= 0.3 is 12.1 Å². The third-order valence-corrected chi connectivity index (χ3v) is 5.20. The van der Waals surface area contributed by atoms with Gasteiger partial charge in [-0.25, -0.2) is 9.78 Å². The van der Waals surface area contributed by atoms with E-state index in [1.807, 2.05) is 36.0 Å². The van der Waals surface area contributed by atoms with Crippen LogP contribution in [0.1, 0.15) is 5.56 Å². The number of nitrogens with zero attached hydrogens (tertiary/aromatic N) is 2. The van der Waals surface area contributed by atoms with Crippen LogP contribution in [0.3, 0.4) is 0 Å². The van der Waals surface area contributed by atoms with Crippen molar-refractivity contribution in [3.63, 3.8) is 0 Å². The van der Waals surface area contributed by atoms with Crippen molar-refractivity contribution in [3.05, 3.63) is 65.3 Å². The molecule has 0 atom stereocenters. The lowest BCUT2D eigenvalue weighted by atomic mass is 10.1.